The van der Waals surface area contributed by atoms with Gasteiger partial charge in [-0.2, -0.15) is 0 Å². The molecule has 2 amide bonds. The summed E-state index contributed by atoms with van der Waals surface area (Å²) < 4.78 is 18.1. The lowest BCUT2D eigenvalue weighted by Crippen LogP contribution is -3.00. The Kier molecular flexibility index (Phi) is 10.6. The van der Waals surface area contributed by atoms with Gasteiger partial charge in [0.25, 0.3) is 17.6 Å². The number of fused-ring (bicyclic) bond motifs is 1. The predicted octanol–water partition coefficient (Wildman–Crippen LogP) is 2.28. The van der Waals surface area contributed by atoms with Crippen LogP contribution in [0.1, 0.15) is 37.2 Å². The fraction of sp³-hybridized carbons (Fsp3) is 0.267. The topological polar surface area (TPSA) is 112 Å². The fourth-order valence-electron chi connectivity index (χ4n) is 4.89. The summed E-state index contributed by atoms with van der Waals surface area (Å²) in [5, 5.41) is 0.543. The number of nitrogens with zero attached hydrogens (tertiary/aromatic N) is 2. The van der Waals surface area contributed by atoms with Crippen LogP contribution in [0.2, 0.25) is 0 Å². The highest BCUT2D eigenvalue weighted by molar-refractivity contribution is 9.11. The molecular formula is C30H25Br2IN2O8. The number of benzene rings is 2. The number of ether oxygens (including phenoxy) is 3. The molecule has 0 saturated carbocycles. The predicted molar refractivity (Wildman–Crippen MR) is 157 cm³/mol. The lowest BCUT2D eigenvalue weighted by Gasteiger charge is -2.33. The van der Waals surface area contributed by atoms with Gasteiger partial charge in [0.05, 0.1) is 47.1 Å². The van der Waals surface area contributed by atoms with E-state index in [1.165, 1.54) is 7.11 Å². The van der Waals surface area contributed by atoms with Crippen LogP contribution in [-0.4, -0.2) is 49.6 Å². The average molecular weight is 828 g/mol. The molecule has 2 aromatic rings. The SMILES string of the molecule is COC1=[C+]C2=C(C=C1)N(CCCC(=O)ON1C(=O)CCC1=O)c1ccc(OC)cc1C2C(=O)Oc1c(Br)cccc1Br.[I-]. The summed E-state index contributed by atoms with van der Waals surface area (Å²) in [6, 6.07) is 10.8. The Morgan fingerprint density at radius 3 is 2.35 bits per heavy atom. The number of hydroxylamine groups is 2. The van der Waals surface area contributed by atoms with Crippen molar-refractivity contribution in [2.24, 2.45) is 0 Å². The standard InChI is InChI=1S/C30H25Br2N2O8.HI/c1-39-17-8-10-23-19(15-17)28(30(38)41-29-21(31)5-3-6-22(29)32)20-16-18(40-2)9-11-24(20)33(23)14-4-7-27(37)42-34-25(35)12-13-26(34)36;/h3,5-6,8-11,15,28H,4,7,12-14H2,1-2H3;1H/q+1;/p-1. The molecule has 2 aromatic carbocycles. The maximum absolute atomic E-state index is 13.9. The van der Waals surface area contributed by atoms with Gasteiger partial charge in [0.1, 0.15) is 11.7 Å². The minimum Gasteiger partial charge on any atom is -1.00 e. The minimum absolute atomic E-state index is 0. The van der Waals surface area contributed by atoms with Crippen LogP contribution >= 0.6 is 31.9 Å². The van der Waals surface area contributed by atoms with Crippen molar-refractivity contribution < 1.29 is 62.2 Å². The van der Waals surface area contributed by atoms with Crippen LogP contribution in [0.25, 0.3) is 0 Å². The van der Waals surface area contributed by atoms with E-state index in [-0.39, 0.29) is 43.2 Å². The molecule has 2 aliphatic heterocycles. The number of allylic oxidation sites excluding steroid dienone is 3. The number of esters is 1. The highest BCUT2D eigenvalue weighted by Crippen LogP contribution is 2.46. The fourth-order valence-corrected chi connectivity index (χ4v) is 6.05. The number of carbonyl (C=O) groups is 4. The van der Waals surface area contributed by atoms with Gasteiger partial charge in [-0.3, -0.25) is 19.3 Å². The molecule has 1 saturated heterocycles. The van der Waals surface area contributed by atoms with Gasteiger partial charge in [-0.1, -0.05) is 6.07 Å². The average Bonchev–Trinajstić information content (AvgIpc) is 3.30. The molecule has 0 aromatic heterocycles. The first-order valence-corrected chi connectivity index (χ1v) is 14.6. The molecule has 1 unspecified atom stereocenters. The van der Waals surface area contributed by atoms with E-state index in [0.717, 1.165) is 0 Å². The monoisotopic (exact) mass is 826 g/mol. The summed E-state index contributed by atoms with van der Waals surface area (Å²) in [5.74, 6) is -1.85. The number of carbonyl (C=O) groups excluding carboxylic acids is 4. The molecule has 1 fully saturated rings. The molecule has 0 bridgehead atoms. The Morgan fingerprint density at radius 2 is 1.70 bits per heavy atom. The number of rotatable bonds is 9. The molecular weight excluding hydrogens is 803 g/mol. The highest BCUT2D eigenvalue weighted by atomic mass is 127. The Labute approximate surface area is 281 Å². The third-order valence-corrected chi connectivity index (χ3v) is 8.13. The number of anilines is 1. The van der Waals surface area contributed by atoms with Crippen LogP contribution in [0, 0.1) is 6.08 Å². The Morgan fingerprint density at radius 1 is 1.00 bits per heavy atom. The summed E-state index contributed by atoms with van der Waals surface area (Å²) in [6.45, 7) is 0.348. The van der Waals surface area contributed by atoms with Crippen molar-refractivity contribution in [3.8, 4) is 11.5 Å². The lowest BCUT2D eigenvalue weighted by atomic mass is 9.82. The van der Waals surface area contributed by atoms with E-state index in [2.05, 4.69) is 37.9 Å². The molecule has 0 radical (unpaired) electrons. The quantitative estimate of drug-likeness (QED) is 0.124. The van der Waals surface area contributed by atoms with Gasteiger partial charge in [-0.15, -0.1) is 5.06 Å². The Bertz CT molecular complexity index is 1530. The van der Waals surface area contributed by atoms with Crippen molar-refractivity contribution in [3.05, 3.63) is 86.2 Å². The third-order valence-electron chi connectivity index (χ3n) is 6.88. The summed E-state index contributed by atoms with van der Waals surface area (Å²) in [5.41, 5.74) is 2.54. The van der Waals surface area contributed by atoms with Gasteiger partial charge in [-0.25, -0.2) is 4.79 Å². The van der Waals surface area contributed by atoms with Crippen LogP contribution in [-0.2, 0) is 28.8 Å². The molecule has 3 aliphatic rings. The lowest BCUT2D eigenvalue weighted by molar-refractivity contribution is -0.197. The van der Waals surface area contributed by atoms with Gasteiger partial charge < -0.3 is 43.0 Å². The normalized spacial score (nSPS) is 16.9. The zero-order chi connectivity index (χ0) is 30.0. The van der Waals surface area contributed by atoms with Crippen LogP contribution in [0.5, 0.6) is 11.5 Å². The van der Waals surface area contributed by atoms with Gasteiger partial charge in [-0.05, 0) is 68.6 Å². The number of hydrogen-bond donors (Lipinski definition) is 0. The number of hydrogen-bond acceptors (Lipinski definition) is 9. The highest BCUT2D eigenvalue weighted by Gasteiger charge is 2.44. The number of imide groups is 1. The molecule has 1 aliphatic carbocycles. The Hall–Kier alpha value is -3.26. The van der Waals surface area contributed by atoms with E-state index >= 15 is 0 Å². The molecule has 43 heavy (non-hydrogen) atoms. The van der Waals surface area contributed by atoms with Crippen molar-refractivity contribution in [2.45, 2.75) is 31.6 Å². The third kappa shape index (κ3) is 6.79. The molecule has 0 N–H and O–H groups in total. The second kappa shape index (κ2) is 14.0. The van der Waals surface area contributed by atoms with E-state index < -0.39 is 29.7 Å². The number of methoxy groups -OCH3 is 2. The van der Waals surface area contributed by atoms with E-state index in [0.29, 0.717) is 66.8 Å². The molecule has 224 valence electrons. The van der Waals surface area contributed by atoms with Crippen molar-refractivity contribution >= 4 is 61.3 Å². The summed E-state index contributed by atoms with van der Waals surface area (Å²) >= 11 is 6.90. The number of amides is 2. The molecule has 2 heterocycles. The zero-order valence-corrected chi connectivity index (χ0v) is 28.4. The van der Waals surface area contributed by atoms with Gasteiger partial charge in [0, 0.05) is 31.4 Å². The first kappa shape index (κ1) is 32.6. The van der Waals surface area contributed by atoms with Crippen molar-refractivity contribution in [1.82, 2.24) is 5.06 Å². The van der Waals surface area contributed by atoms with Gasteiger partial charge in [0.15, 0.2) is 17.0 Å². The van der Waals surface area contributed by atoms with Crippen LogP contribution in [0.15, 0.2) is 74.5 Å². The summed E-state index contributed by atoms with van der Waals surface area (Å²) in [4.78, 5) is 57.0. The largest absolute Gasteiger partial charge is 1.00 e. The van der Waals surface area contributed by atoms with Crippen LogP contribution in [0.4, 0.5) is 5.69 Å². The van der Waals surface area contributed by atoms with Gasteiger partial charge in [0.2, 0.25) is 0 Å². The molecule has 5 rings (SSSR count). The van der Waals surface area contributed by atoms with Crippen LogP contribution < -0.4 is 38.4 Å². The summed E-state index contributed by atoms with van der Waals surface area (Å²) in [7, 11) is 3.06. The van der Waals surface area contributed by atoms with E-state index in [1.807, 2.05) is 23.1 Å². The van der Waals surface area contributed by atoms with Gasteiger partial charge >= 0.3 is 11.9 Å². The zero-order valence-electron chi connectivity index (χ0n) is 23.0. The first-order chi connectivity index (χ1) is 20.2. The molecule has 0 spiro atoms. The molecule has 13 heteroatoms. The minimum atomic E-state index is -0.882. The van der Waals surface area contributed by atoms with Crippen molar-refractivity contribution in [2.75, 3.05) is 25.7 Å². The number of halogens is 3. The smallest absolute Gasteiger partial charge is 0.333 e. The second-order valence-corrected chi connectivity index (χ2v) is 11.2. The maximum Gasteiger partial charge on any atom is 0.333 e. The van der Waals surface area contributed by atoms with Crippen molar-refractivity contribution in [3.63, 3.8) is 0 Å². The van der Waals surface area contributed by atoms with E-state index in [4.69, 9.17) is 19.0 Å². The van der Waals surface area contributed by atoms with Crippen molar-refractivity contribution in [1.29, 1.82) is 0 Å². The molecule has 10 nitrogen and oxygen atoms in total. The maximum atomic E-state index is 13.9. The second-order valence-electron chi connectivity index (χ2n) is 9.46. The van der Waals surface area contributed by atoms with E-state index in [9.17, 15) is 19.2 Å². The molecule has 1 atom stereocenters. The Balaban J connectivity index is 0.00000423. The number of para-hydroxylation sites is 1. The van der Waals surface area contributed by atoms with Crippen LogP contribution in [0.3, 0.4) is 0 Å². The summed E-state index contributed by atoms with van der Waals surface area (Å²) in [6.07, 6.45) is 7.12. The first-order valence-electron chi connectivity index (χ1n) is 13.0. The van der Waals surface area contributed by atoms with E-state index in [1.54, 1.807) is 37.5 Å².